The van der Waals surface area contributed by atoms with Gasteiger partial charge in [0.25, 0.3) is 0 Å². The summed E-state index contributed by atoms with van der Waals surface area (Å²) in [6, 6.07) is 7.99. The van der Waals surface area contributed by atoms with E-state index in [-0.39, 0.29) is 43.0 Å². The molecule has 2 fully saturated rings. The van der Waals surface area contributed by atoms with Gasteiger partial charge < -0.3 is 19.9 Å². The van der Waals surface area contributed by atoms with Crippen LogP contribution in [0.15, 0.2) is 24.3 Å². The Labute approximate surface area is 184 Å². The van der Waals surface area contributed by atoms with Crippen LogP contribution >= 0.6 is 0 Å². The number of ketones is 1. The molecule has 0 bridgehead atoms. The number of nitrogens with zero attached hydrogens (tertiary/aromatic N) is 2. The Morgan fingerprint density at radius 3 is 2.65 bits per heavy atom. The average Bonchev–Trinajstić information content (AvgIpc) is 2.88. The number of benzene rings is 1. The molecule has 2 amide bonds. The molecule has 0 saturated carbocycles. The van der Waals surface area contributed by atoms with Gasteiger partial charge in [-0.3, -0.25) is 14.4 Å². The molecule has 2 saturated heterocycles. The number of carbonyl (C=O) groups excluding carboxylic acids is 3. The minimum absolute atomic E-state index is 0.0449. The van der Waals surface area contributed by atoms with E-state index in [0.29, 0.717) is 36.7 Å². The van der Waals surface area contributed by atoms with Crippen LogP contribution in [0.5, 0.6) is 5.75 Å². The van der Waals surface area contributed by atoms with Gasteiger partial charge in [-0.15, -0.1) is 0 Å². The zero-order valence-corrected chi connectivity index (χ0v) is 18.6. The molecule has 1 atom stereocenters. The van der Waals surface area contributed by atoms with Crippen LogP contribution in [0.4, 0.5) is 0 Å². The van der Waals surface area contributed by atoms with Gasteiger partial charge in [0.1, 0.15) is 11.4 Å². The number of carbonyl (C=O) groups is 3. The summed E-state index contributed by atoms with van der Waals surface area (Å²) >= 11 is 0. The smallest absolute Gasteiger partial charge is 0.239 e. The summed E-state index contributed by atoms with van der Waals surface area (Å²) in [5.74, 6) is 0.521. The number of likely N-dealkylation sites (tertiary alicyclic amines) is 2. The molecule has 0 unspecified atom stereocenters. The molecule has 3 aliphatic rings. The fourth-order valence-corrected chi connectivity index (χ4v) is 4.98. The third-order valence-corrected chi connectivity index (χ3v) is 6.94. The van der Waals surface area contributed by atoms with E-state index in [1.807, 2.05) is 18.2 Å². The topological polar surface area (TPSA) is 79.0 Å². The Bertz CT molecular complexity index is 847. The van der Waals surface area contributed by atoms with Crippen LogP contribution in [-0.4, -0.2) is 71.3 Å². The molecule has 1 spiro atoms. The normalized spacial score (nSPS) is 25.3. The maximum Gasteiger partial charge on any atom is 0.239 e. The summed E-state index contributed by atoms with van der Waals surface area (Å²) in [5.41, 5.74) is -0.0424. The highest BCUT2D eigenvalue weighted by Gasteiger charge is 2.43. The molecule has 0 aliphatic carbocycles. The van der Waals surface area contributed by atoms with Gasteiger partial charge in [0.15, 0.2) is 5.78 Å². The predicted octanol–water partition coefficient (Wildman–Crippen LogP) is 2.39. The van der Waals surface area contributed by atoms with Gasteiger partial charge in [0.05, 0.1) is 18.5 Å². The van der Waals surface area contributed by atoms with Gasteiger partial charge in [-0.05, 0) is 45.2 Å². The summed E-state index contributed by atoms with van der Waals surface area (Å²) < 4.78 is 6.26. The number of Topliss-reactive ketones (excluding diaryl/α,β-unsaturated/α-hetero) is 1. The van der Waals surface area contributed by atoms with E-state index in [2.05, 4.69) is 24.1 Å². The number of piperidine rings is 1. The largest absolute Gasteiger partial charge is 0.486 e. The van der Waals surface area contributed by atoms with Crippen molar-refractivity contribution in [3.63, 3.8) is 0 Å². The highest BCUT2D eigenvalue weighted by atomic mass is 16.5. The molecule has 1 aromatic carbocycles. The van der Waals surface area contributed by atoms with Gasteiger partial charge >= 0.3 is 0 Å². The first kappa shape index (κ1) is 21.8. The van der Waals surface area contributed by atoms with E-state index >= 15 is 0 Å². The summed E-state index contributed by atoms with van der Waals surface area (Å²) in [5, 5.41) is 3.11. The molecular weight excluding hydrogens is 394 g/mol. The fraction of sp³-hybridized carbons (Fsp3) is 0.625. The van der Waals surface area contributed by atoms with Gasteiger partial charge in [0, 0.05) is 44.6 Å². The van der Waals surface area contributed by atoms with Crippen LogP contribution < -0.4 is 10.1 Å². The first-order valence-corrected chi connectivity index (χ1v) is 11.5. The molecule has 0 radical (unpaired) electrons. The molecule has 1 aromatic rings. The Hall–Kier alpha value is -2.41. The highest BCUT2D eigenvalue weighted by Crippen LogP contribution is 2.39. The number of para-hydroxylation sites is 1. The maximum atomic E-state index is 12.7. The number of hydrogen-bond donors (Lipinski definition) is 1. The first-order valence-electron chi connectivity index (χ1n) is 11.5. The number of hydrogen-bond acceptors (Lipinski definition) is 5. The summed E-state index contributed by atoms with van der Waals surface area (Å²) in [7, 11) is 0. The number of ether oxygens (including phenoxy) is 1. The zero-order chi connectivity index (χ0) is 22.0. The van der Waals surface area contributed by atoms with Crippen molar-refractivity contribution in [2.75, 3.05) is 26.2 Å². The Morgan fingerprint density at radius 2 is 1.90 bits per heavy atom. The van der Waals surface area contributed by atoms with Crippen molar-refractivity contribution in [2.24, 2.45) is 0 Å². The molecule has 7 heteroatoms. The van der Waals surface area contributed by atoms with Crippen LogP contribution in [0.25, 0.3) is 0 Å². The zero-order valence-electron chi connectivity index (χ0n) is 18.6. The van der Waals surface area contributed by atoms with E-state index in [0.717, 1.165) is 25.9 Å². The standard InChI is InChI=1S/C24H33N3O4/c1-17(2)26-12-8-18(9-13-26)25-22(29)16-27-14-11-24(10-7-23(27)30)15-20(28)19-5-3-4-6-21(19)31-24/h3-6,17-18H,7-16H2,1-2H3,(H,25,29)/t24-/m0/s1. The third-order valence-electron chi connectivity index (χ3n) is 6.94. The van der Waals surface area contributed by atoms with Crippen molar-refractivity contribution in [1.29, 1.82) is 0 Å². The van der Waals surface area contributed by atoms with Gasteiger partial charge in [0.2, 0.25) is 11.8 Å². The molecule has 0 aromatic heterocycles. The molecule has 168 valence electrons. The lowest BCUT2D eigenvalue weighted by Crippen LogP contribution is -2.49. The average molecular weight is 428 g/mol. The molecular formula is C24H33N3O4. The van der Waals surface area contributed by atoms with E-state index in [1.54, 1.807) is 11.0 Å². The Balaban J connectivity index is 1.33. The molecule has 3 heterocycles. The predicted molar refractivity (Wildman–Crippen MR) is 117 cm³/mol. The summed E-state index contributed by atoms with van der Waals surface area (Å²) in [4.78, 5) is 42.0. The Morgan fingerprint density at radius 1 is 1.16 bits per heavy atom. The lowest BCUT2D eigenvalue weighted by molar-refractivity contribution is -0.136. The van der Waals surface area contributed by atoms with Crippen molar-refractivity contribution in [2.45, 2.75) is 70.1 Å². The van der Waals surface area contributed by atoms with Crippen LogP contribution in [0.1, 0.15) is 62.7 Å². The van der Waals surface area contributed by atoms with Gasteiger partial charge in [-0.25, -0.2) is 0 Å². The van der Waals surface area contributed by atoms with Crippen LogP contribution in [0, 0.1) is 0 Å². The van der Waals surface area contributed by atoms with E-state index in [9.17, 15) is 14.4 Å². The minimum atomic E-state index is -0.657. The van der Waals surface area contributed by atoms with Crippen molar-refractivity contribution >= 4 is 17.6 Å². The number of amides is 2. The third kappa shape index (κ3) is 4.92. The van der Waals surface area contributed by atoms with Crippen molar-refractivity contribution in [3.8, 4) is 5.75 Å². The molecule has 31 heavy (non-hydrogen) atoms. The van der Waals surface area contributed by atoms with E-state index in [4.69, 9.17) is 4.74 Å². The molecule has 7 nitrogen and oxygen atoms in total. The number of nitrogens with one attached hydrogen (secondary N) is 1. The van der Waals surface area contributed by atoms with Crippen LogP contribution in [0.2, 0.25) is 0 Å². The van der Waals surface area contributed by atoms with Gasteiger partial charge in [-0.1, -0.05) is 12.1 Å². The second-order valence-electron chi connectivity index (χ2n) is 9.42. The highest BCUT2D eigenvalue weighted by molar-refractivity contribution is 6.00. The second-order valence-corrected chi connectivity index (χ2v) is 9.42. The lowest BCUT2D eigenvalue weighted by atomic mass is 9.84. The molecule has 1 N–H and O–H groups in total. The number of rotatable bonds is 4. The van der Waals surface area contributed by atoms with E-state index in [1.165, 1.54) is 0 Å². The molecule has 3 aliphatic heterocycles. The van der Waals surface area contributed by atoms with Crippen molar-refractivity contribution < 1.29 is 19.1 Å². The Kier molecular flexibility index (Phi) is 6.32. The lowest BCUT2D eigenvalue weighted by Gasteiger charge is -2.37. The van der Waals surface area contributed by atoms with Crippen LogP contribution in [-0.2, 0) is 9.59 Å². The minimum Gasteiger partial charge on any atom is -0.486 e. The van der Waals surface area contributed by atoms with Crippen molar-refractivity contribution in [1.82, 2.24) is 15.1 Å². The summed E-state index contributed by atoms with van der Waals surface area (Å²) in [6.45, 7) is 6.86. The maximum absolute atomic E-state index is 12.7. The second kappa shape index (κ2) is 8.99. The van der Waals surface area contributed by atoms with Gasteiger partial charge in [-0.2, -0.15) is 0 Å². The fourth-order valence-electron chi connectivity index (χ4n) is 4.98. The molecule has 4 rings (SSSR count). The van der Waals surface area contributed by atoms with Crippen LogP contribution in [0.3, 0.4) is 0 Å². The SMILES string of the molecule is CC(C)N1CCC(NC(=O)CN2CC[C@@]3(CCC2=O)CC(=O)c2ccccc2O3)CC1. The summed E-state index contributed by atoms with van der Waals surface area (Å²) in [6.07, 6.45) is 3.50. The van der Waals surface area contributed by atoms with E-state index < -0.39 is 5.60 Å². The number of fused-ring (bicyclic) bond motifs is 1. The monoisotopic (exact) mass is 427 g/mol. The first-order chi connectivity index (χ1) is 14.8. The van der Waals surface area contributed by atoms with Crippen molar-refractivity contribution in [3.05, 3.63) is 29.8 Å². The quantitative estimate of drug-likeness (QED) is 0.798.